The van der Waals surface area contributed by atoms with Crippen molar-refractivity contribution in [2.75, 3.05) is 0 Å². The molecule has 2 rings (SSSR count). The third kappa shape index (κ3) is 2.44. The highest BCUT2D eigenvalue weighted by Gasteiger charge is 2.02. The molecule has 0 amide bonds. The second kappa shape index (κ2) is 4.57. The summed E-state index contributed by atoms with van der Waals surface area (Å²) in [6.07, 6.45) is 1.25. The van der Waals surface area contributed by atoms with Crippen LogP contribution in [0, 0.1) is 0 Å². The molecule has 1 aromatic carbocycles. The molecule has 5 nitrogen and oxygen atoms in total. The van der Waals surface area contributed by atoms with E-state index in [0.717, 1.165) is 0 Å². The average molecular weight is 218 g/mol. The summed E-state index contributed by atoms with van der Waals surface area (Å²) in [5.41, 5.74) is 0.659. The fourth-order valence-electron chi connectivity index (χ4n) is 1.19. The van der Waals surface area contributed by atoms with Gasteiger partial charge in [-0.1, -0.05) is 5.16 Å². The van der Waals surface area contributed by atoms with Crippen molar-refractivity contribution < 1.29 is 14.1 Å². The summed E-state index contributed by atoms with van der Waals surface area (Å²) >= 11 is 0. The Morgan fingerprint density at radius 2 is 2.12 bits per heavy atom. The lowest BCUT2D eigenvalue weighted by atomic mass is 10.1. The molecule has 0 saturated carbocycles. The first-order valence-electron chi connectivity index (χ1n) is 4.75. The van der Waals surface area contributed by atoms with Crippen LogP contribution in [0.1, 0.15) is 23.1 Å². The molecule has 0 aliphatic rings. The Hall–Kier alpha value is -2.17. The molecule has 5 heteroatoms. The molecule has 0 aliphatic heterocycles. The van der Waals surface area contributed by atoms with E-state index in [2.05, 4.69) is 14.7 Å². The molecule has 0 saturated heterocycles. The number of ketones is 1. The summed E-state index contributed by atoms with van der Waals surface area (Å²) in [5.74, 6) is 1.18. The maximum atomic E-state index is 11.0. The Bertz CT molecular complexity index is 462. The minimum absolute atomic E-state index is 0.0321. The number of benzene rings is 1. The molecule has 0 radical (unpaired) electrons. The van der Waals surface area contributed by atoms with Gasteiger partial charge in [0.05, 0.1) is 0 Å². The van der Waals surface area contributed by atoms with E-state index in [9.17, 15) is 4.79 Å². The summed E-state index contributed by atoms with van der Waals surface area (Å²) in [4.78, 5) is 14.8. The van der Waals surface area contributed by atoms with Gasteiger partial charge in [-0.05, 0) is 31.2 Å². The Morgan fingerprint density at radius 3 is 2.69 bits per heavy atom. The standard InChI is InChI=1S/C11H10N2O3/c1-8(14)9-2-4-10(5-3-9)15-6-11-12-7-16-13-11/h2-5,7H,6H2,1H3. The van der Waals surface area contributed by atoms with Crippen LogP contribution in [0.5, 0.6) is 5.75 Å². The molecule has 0 fully saturated rings. The van der Waals surface area contributed by atoms with E-state index in [1.54, 1.807) is 24.3 Å². The van der Waals surface area contributed by atoms with E-state index in [1.807, 2.05) is 0 Å². The van der Waals surface area contributed by atoms with Crippen LogP contribution in [-0.4, -0.2) is 15.9 Å². The summed E-state index contributed by atoms with van der Waals surface area (Å²) in [6, 6.07) is 6.90. The molecule has 0 spiro atoms. The van der Waals surface area contributed by atoms with E-state index < -0.39 is 0 Å². The summed E-state index contributed by atoms with van der Waals surface area (Å²) in [6.45, 7) is 1.77. The van der Waals surface area contributed by atoms with Crippen molar-refractivity contribution >= 4 is 5.78 Å². The highest BCUT2D eigenvalue weighted by atomic mass is 16.5. The number of rotatable bonds is 4. The van der Waals surface area contributed by atoms with E-state index in [0.29, 0.717) is 17.1 Å². The minimum atomic E-state index is 0.0321. The SMILES string of the molecule is CC(=O)c1ccc(OCc2ncon2)cc1. The van der Waals surface area contributed by atoms with Gasteiger partial charge in [-0.15, -0.1) is 0 Å². The van der Waals surface area contributed by atoms with Crippen molar-refractivity contribution in [3.8, 4) is 5.75 Å². The Kier molecular flexibility index (Phi) is 2.95. The van der Waals surface area contributed by atoms with Crippen LogP contribution in [0.25, 0.3) is 0 Å². The molecule has 0 atom stereocenters. The van der Waals surface area contributed by atoms with E-state index >= 15 is 0 Å². The fraction of sp³-hybridized carbons (Fsp3) is 0.182. The van der Waals surface area contributed by atoms with Gasteiger partial charge in [-0.25, -0.2) is 0 Å². The van der Waals surface area contributed by atoms with E-state index in [-0.39, 0.29) is 12.4 Å². The zero-order valence-corrected chi connectivity index (χ0v) is 8.71. The van der Waals surface area contributed by atoms with Crippen LogP contribution in [0.4, 0.5) is 0 Å². The van der Waals surface area contributed by atoms with Gasteiger partial charge in [0, 0.05) is 5.56 Å². The molecular weight excluding hydrogens is 208 g/mol. The highest BCUT2D eigenvalue weighted by molar-refractivity contribution is 5.94. The van der Waals surface area contributed by atoms with Gasteiger partial charge in [0.25, 0.3) is 0 Å². The van der Waals surface area contributed by atoms with Crippen molar-refractivity contribution in [3.05, 3.63) is 42.0 Å². The first-order valence-corrected chi connectivity index (χ1v) is 4.75. The Labute approximate surface area is 92.0 Å². The van der Waals surface area contributed by atoms with Crippen molar-refractivity contribution in [2.45, 2.75) is 13.5 Å². The highest BCUT2D eigenvalue weighted by Crippen LogP contribution is 2.13. The lowest BCUT2D eigenvalue weighted by Crippen LogP contribution is -1.98. The van der Waals surface area contributed by atoms with E-state index in [4.69, 9.17) is 4.74 Å². The van der Waals surface area contributed by atoms with Gasteiger partial charge >= 0.3 is 0 Å². The van der Waals surface area contributed by atoms with Gasteiger partial charge in [0.15, 0.2) is 12.4 Å². The number of carbonyl (C=O) groups is 1. The third-order valence-corrected chi connectivity index (χ3v) is 2.04. The molecule has 1 aromatic heterocycles. The van der Waals surface area contributed by atoms with Gasteiger partial charge in [-0.3, -0.25) is 4.79 Å². The number of hydrogen-bond acceptors (Lipinski definition) is 5. The maximum absolute atomic E-state index is 11.0. The summed E-state index contributed by atoms with van der Waals surface area (Å²) < 4.78 is 9.96. The number of nitrogens with zero attached hydrogens (tertiary/aromatic N) is 2. The van der Waals surface area contributed by atoms with Crippen LogP contribution in [-0.2, 0) is 6.61 Å². The van der Waals surface area contributed by atoms with Gasteiger partial charge in [-0.2, -0.15) is 4.98 Å². The molecule has 0 bridgehead atoms. The molecule has 0 unspecified atom stereocenters. The van der Waals surface area contributed by atoms with Gasteiger partial charge < -0.3 is 9.26 Å². The number of carbonyl (C=O) groups excluding carboxylic acids is 1. The van der Waals surface area contributed by atoms with Crippen LogP contribution < -0.4 is 4.74 Å². The Morgan fingerprint density at radius 1 is 1.38 bits per heavy atom. The first kappa shape index (κ1) is 10.4. The molecule has 2 aromatic rings. The minimum Gasteiger partial charge on any atom is -0.485 e. The Balaban J connectivity index is 1.98. The lowest BCUT2D eigenvalue weighted by molar-refractivity contribution is 0.101. The lowest BCUT2D eigenvalue weighted by Gasteiger charge is -2.03. The van der Waals surface area contributed by atoms with Crippen molar-refractivity contribution in [2.24, 2.45) is 0 Å². The predicted molar refractivity (Wildman–Crippen MR) is 55.1 cm³/mol. The first-order chi connectivity index (χ1) is 7.75. The van der Waals surface area contributed by atoms with Crippen LogP contribution in [0.2, 0.25) is 0 Å². The van der Waals surface area contributed by atoms with Crippen molar-refractivity contribution in [1.82, 2.24) is 10.1 Å². The number of hydrogen-bond donors (Lipinski definition) is 0. The third-order valence-electron chi connectivity index (χ3n) is 2.04. The number of aromatic nitrogens is 2. The second-order valence-corrected chi connectivity index (χ2v) is 3.22. The summed E-state index contributed by atoms with van der Waals surface area (Å²) in [5, 5.41) is 3.61. The van der Waals surface area contributed by atoms with Crippen LogP contribution >= 0.6 is 0 Å². The monoisotopic (exact) mass is 218 g/mol. The average Bonchev–Trinajstić information content (AvgIpc) is 2.80. The van der Waals surface area contributed by atoms with Crippen molar-refractivity contribution in [3.63, 3.8) is 0 Å². The van der Waals surface area contributed by atoms with Crippen LogP contribution in [0.3, 0.4) is 0 Å². The molecule has 16 heavy (non-hydrogen) atoms. The largest absolute Gasteiger partial charge is 0.485 e. The van der Waals surface area contributed by atoms with E-state index in [1.165, 1.54) is 13.3 Å². The predicted octanol–water partition coefficient (Wildman–Crippen LogP) is 1.85. The maximum Gasteiger partial charge on any atom is 0.213 e. The van der Waals surface area contributed by atoms with Gasteiger partial charge in [0.1, 0.15) is 5.75 Å². The van der Waals surface area contributed by atoms with Crippen molar-refractivity contribution in [1.29, 1.82) is 0 Å². The quantitative estimate of drug-likeness (QED) is 0.732. The molecule has 82 valence electrons. The van der Waals surface area contributed by atoms with Gasteiger partial charge in [0.2, 0.25) is 12.2 Å². The topological polar surface area (TPSA) is 65.2 Å². The number of Topliss-reactive ketones (excluding diaryl/α,β-unsaturated/α-hetero) is 1. The summed E-state index contributed by atoms with van der Waals surface area (Å²) in [7, 11) is 0. The zero-order valence-electron chi connectivity index (χ0n) is 8.71. The zero-order chi connectivity index (χ0) is 11.4. The molecular formula is C11H10N2O3. The fourth-order valence-corrected chi connectivity index (χ4v) is 1.19. The molecule has 0 aliphatic carbocycles. The van der Waals surface area contributed by atoms with Crippen LogP contribution in [0.15, 0.2) is 35.2 Å². The normalized spacial score (nSPS) is 10.1. The molecule has 0 N–H and O–H groups in total. The number of ether oxygens (including phenoxy) is 1. The second-order valence-electron chi connectivity index (χ2n) is 3.22. The molecule has 1 heterocycles. The smallest absolute Gasteiger partial charge is 0.213 e.